The van der Waals surface area contributed by atoms with E-state index in [0.29, 0.717) is 25.3 Å². The van der Waals surface area contributed by atoms with Gasteiger partial charge in [-0.1, -0.05) is 40.0 Å². The highest BCUT2D eigenvalue weighted by atomic mass is 16.5. The molecule has 1 aliphatic heterocycles. The first-order valence-corrected chi connectivity index (χ1v) is 11.5. The molecule has 4 amide bonds. The minimum atomic E-state index is -1.02. The van der Waals surface area contributed by atoms with Crippen LogP contribution in [-0.2, 0) is 19.1 Å². The molecule has 0 bridgehead atoms. The molecule has 0 radical (unpaired) electrons. The average Bonchev–Trinajstić information content (AvgIpc) is 3.12. The summed E-state index contributed by atoms with van der Waals surface area (Å²) in [6.45, 7) is 7.06. The van der Waals surface area contributed by atoms with Crippen LogP contribution in [0.15, 0.2) is 0 Å². The monoisotopic (exact) mass is 453 g/mol. The number of rotatable bonds is 12. The van der Waals surface area contributed by atoms with Crippen molar-refractivity contribution in [2.45, 2.75) is 83.8 Å². The Hall–Kier alpha value is -2.20. The van der Waals surface area contributed by atoms with Gasteiger partial charge in [0.15, 0.2) is 0 Å². The number of nitrogens with zero attached hydrogens (tertiary/aromatic N) is 1. The zero-order valence-corrected chi connectivity index (χ0v) is 19.5. The number of carbonyl (C=O) groups excluding carboxylic acids is 4. The van der Waals surface area contributed by atoms with Crippen LogP contribution in [0.3, 0.4) is 0 Å². The fourth-order valence-corrected chi connectivity index (χ4v) is 4.14. The van der Waals surface area contributed by atoms with E-state index in [2.05, 4.69) is 10.6 Å². The number of ketones is 1. The molecule has 32 heavy (non-hydrogen) atoms. The first kappa shape index (κ1) is 26.1. The molecule has 1 heterocycles. The number of hydrogen-bond donors (Lipinski definition) is 4. The summed E-state index contributed by atoms with van der Waals surface area (Å²) in [6.07, 6.45) is 6.11. The molecule has 0 spiro atoms. The van der Waals surface area contributed by atoms with Crippen molar-refractivity contribution in [2.24, 2.45) is 22.8 Å². The van der Waals surface area contributed by atoms with Crippen molar-refractivity contribution < 1.29 is 23.9 Å². The number of Topliss-reactive ketones (excluding diaryl/α,β-unsaturated/α-hetero) is 1. The maximum atomic E-state index is 12.9. The number of carbonyl (C=O) groups is 4. The van der Waals surface area contributed by atoms with Crippen molar-refractivity contribution in [3.63, 3.8) is 0 Å². The number of primary amides is 2. The van der Waals surface area contributed by atoms with Crippen LogP contribution in [0, 0.1) is 11.3 Å². The van der Waals surface area contributed by atoms with Gasteiger partial charge in [-0.3, -0.25) is 19.3 Å². The molecule has 1 saturated heterocycles. The molecule has 6 N–H and O–H groups in total. The van der Waals surface area contributed by atoms with Crippen LogP contribution in [-0.4, -0.2) is 66.5 Å². The maximum absolute atomic E-state index is 12.9. The van der Waals surface area contributed by atoms with Gasteiger partial charge in [0.05, 0.1) is 31.5 Å². The number of urea groups is 1. The van der Waals surface area contributed by atoms with E-state index in [1.165, 1.54) is 6.42 Å². The quantitative estimate of drug-likeness (QED) is 0.317. The van der Waals surface area contributed by atoms with Gasteiger partial charge >= 0.3 is 6.03 Å². The fourth-order valence-electron chi connectivity index (χ4n) is 4.14. The van der Waals surface area contributed by atoms with Crippen molar-refractivity contribution >= 4 is 23.6 Å². The highest BCUT2D eigenvalue weighted by molar-refractivity contribution is 6.37. The Bertz CT molecular complexity index is 689. The van der Waals surface area contributed by atoms with Crippen LogP contribution in [0.2, 0.25) is 0 Å². The van der Waals surface area contributed by atoms with Gasteiger partial charge in [-0.15, -0.1) is 0 Å². The van der Waals surface area contributed by atoms with Gasteiger partial charge in [-0.25, -0.2) is 4.79 Å². The number of nitrogens with one attached hydrogen (secondary N) is 2. The Morgan fingerprint density at radius 1 is 1.06 bits per heavy atom. The van der Waals surface area contributed by atoms with Crippen LogP contribution in [0.4, 0.5) is 4.79 Å². The molecule has 0 aromatic heterocycles. The molecule has 0 aromatic carbocycles. The summed E-state index contributed by atoms with van der Waals surface area (Å²) in [5.41, 5.74) is 10.2. The molecule has 2 fully saturated rings. The van der Waals surface area contributed by atoms with E-state index in [4.69, 9.17) is 16.2 Å². The molecular weight excluding hydrogens is 414 g/mol. The van der Waals surface area contributed by atoms with E-state index in [1.54, 1.807) is 0 Å². The smallest absolute Gasteiger partial charge is 0.312 e. The SMILES string of the molecule is CC(C)(C)[C@@H](COCN1CCC[C@H]1C(=O)NC(CCC1CCC1)C(=O)C(N)=O)NC(N)=O. The number of ether oxygens (including phenoxy) is 1. The second-order valence-corrected chi connectivity index (χ2v) is 10.1. The second-order valence-electron chi connectivity index (χ2n) is 10.1. The number of likely N-dealkylation sites (tertiary alicyclic amines) is 1. The Morgan fingerprint density at radius 3 is 2.28 bits per heavy atom. The molecule has 10 heteroatoms. The van der Waals surface area contributed by atoms with E-state index in [0.717, 1.165) is 25.7 Å². The lowest BCUT2D eigenvalue weighted by atomic mass is 9.81. The Labute approximate surface area is 190 Å². The van der Waals surface area contributed by atoms with E-state index in [1.807, 2.05) is 25.7 Å². The van der Waals surface area contributed by atoms with Crippen LogP contribution >= 0.6 is 0 Å². The number of amides is 4. The van der Waals surface area contributed by atoms with Gasteiger partial charge in [-0.2, -0.15) is 0 Å². The highest BCUT2D eigenvalue weighted by Gasteiger charge is 2.35. The van der Waals surface area contributed by atoms with Crippen molar-refractivity contribution in [3.05, 3.63) is 0 Å². The number of nitrogens with two attached hydrogens (primary N) is 2. The zero-order valence-electron chi connectivity index (χ0n) is 19.5. The molecule has 1 saturated carbocycles. The van der Waals surface area contributed by atoms with Gasteiger partial charge < -0.3 is 26.8 Å². The molecule has 0 aromatic rings. The van der Waals surface area contributed by atoms with Crippen LogP contribution in [0.1, 0.15) is 65.7 Å². The summed E-state index contributed by atoms with van der Waals surface area (Å²) < 4.78 is 5.81. The lowest BCUT2D eigenvalue weighted by molar-refractivity contribution is -0.139. The van der Waals surface area contributed by atoms with E-state index < -0.39 is 29.8 Å². The third-order valence-electron chi connectivity index (χ3n) is 6.53. The van der Waals surface area contributed by atoms with Crippen LogP contribution in [0.25, 0.3) is 0 Å². The fraction of sp³-hybridized carbons (Fsp3) is 0.818. The standard InChI is InChI=1S/C22H39N5O5/c1-22(2,3)17(26-21(24)31)12-32-13-27-11-5-8-16(27)20(30)25-15(18(28)19(23)29)10-9-14-6-4-7-14/h14-17H,4-13H2,1-3H3,(H2,23,29)(H,25,30)(H3,24,26,31)/t15?,16-,17+/m0/s1. The lowest BCUT2D eigenvalue weighted by Crippen LogP contribution is -2.52. The first-order chi connectivity index (χ1) is 15.0. The van der Waals surface area contributed by atoms with Gasteiger partial charge in [-0.05, 0) is 37.0 Å². The Kier molecular flexibility index (Phi) is 9.45. The van der Waals surface area contributed by atoms with Gasteiger partial charge in [0.1, 0.15) is 0 Å². The Morgan fingerprint density at radius 2 is 1.75 bits per heavy atom. The summed E-state index contributed by atoms with van der Waals surface area (Å²) >= 11 is 0. The first-order valence-electron chi connectivity index (χ1n) is 11.5. The van der Waals surface area contributed by atoms with Gasteiger partial charge in [0, 0.05) is 6.54 Å². The van der Waals surface area contributed by atoms with Gasteiger partial charge in [0.25, 0.3) is 5.91 Å². The highest BCUT2D eigenvalue weighted by Crippen LogP contribution is 2.31. The zero-order chi connectivity index (χ0) is 23.9. The molecule has 2 rings (SSSR count). The molecule has 10 nitrogen and oxygen atoms in total. The van der Waals surface area contributed by atoms with E-state index >= 15 is 0 Å². The van der Waals surface area contributed by atoms with Crippen LogP contribution < -0.4 is 22.1 Å². The summed E-state index contributed by atoms with van der Waals surface area (Å²) in [4.78, 5) is 49.8. The second kappa shape index (κ2) is 11.6. The summed E-state index contributed by atoms with van der Waals surface area (Å²) in [7, 11) is 0. The lowest BCUT2D eigenvalue weighted by Gasteiger charge is -2.32. The van der Waals surface area contributed by atoms with Crippen molar-refractivity contribution in [1.82, 2.24) is 15.5 Å². The molecule has 2 aliphatic rings. The third-order valence-corrected chi connectivity index (χ3v) is 6.53. The minimum absolute atomic E-state index is 0.210. The molecule has 1 unspecified atom stereocenters. The van der Waals surface area contributed by atoms with E-state index in [9.17, 15) is 19.2 Å². The average molecular weight is 454 g/mol. The van der Waals surface area contributed by atoms with Gasteiger partial charge in [0.2, 0.25) is 11.7 Å². The summed E-state index contributed by atoms with van der Waals surface area (Å²) in [5.74, 6) is -1.51. The maximum Gasteiger partial charge on any atom is 0.312 e. The number of hydrogen-bond acceptors (Lipinski definition) is 6. The molecule has 3 atom stereocenters. The van der Waals surface area contributed by atoms with Crippen molar-refractivity contribution in [2.75, 3.05) is 19.9 Å². The Balaban J connectivity index is 1.90. The van der Waals surface area contributed by atoms with E-state index in [-0.39, 0.29) is 30.7 Å². The van der Waals surface area contributed by atoms with Crippen molar-refractivity contribution in [1.29, 1.82) is 0 Å². The van der Waals surface area contributed by atoms with Crippen molar-refractivity contribution in [3.8, 4) is 0 Å². The predicted molar refractivity (Wildman–Crippen MR) is 119 cm³/mol. The summed E-state index contributed by atoms with van der Waals surface area (Å²) in [6, 6.07) is -2.22. The minimum Gasteiger partial charge on any atom is -0.364 e. The van der Waals surface area contributed by atoms with Crippen LogP contribution in [0.5, 0.6) is 0 Å². The third kappa shape index (κ3) is 7.74. The predicted octanol–water partition coefficient (Wildman–Crippen LogP) is 0.627. The largest absolute Gasteiger partial charge is 0.364 e. The topological polar surface area (TPSA) is 157 Å². The molecule has 182 valence electrons. The summed E-state index contributed by atoms with van der Waals surface area (Å²) in [5, 5.41) is 5.46. The molecule has 1 aliphatic carbocycles. The molecular formula is C22H39N5O5. The normalized spacial score (nSPS) is 21.4.